The number of carbonyl (C=O) groups excluding carboxylic acids is 8. The van der Waals surface area contributed by atoms with E-state index >= 15 is 0 Å². The van der Waals surface area contributed by atoms with E-state index in [1.165, 1.54) is 18.7 Å². The predicted molar refractivity (Wildman–Crippen MR) is 393 cm³/mol. The summed E-state index contributed by atoms with van der Waals surface area (Å²) in [5, 5.41) is 352. The standard InChI is InChI=1S/C66H121N11O44/c1-27(3-5-35(90)67-17-65(19-69-57(114)51(108)45(102)39(96)29(84)11-78,20-70-58(115)52(109)46(103)40(97)30(85)12-79)21-71-59(116)53(110)47(104)41(98)31(86)13-80)75-7-8-76(26-64(2,25-75)77(9-37(92)93)10-38(94)95)28(63(120)121)4-6-36(91)68-18-66(22-72-60(117)54(111)48(105)42(99)32(87)14-81,23-73-61(118)55(112)49(106)43(100)33(88)15-82)24-74-62(119)56(113)50(107)44(101)34(89)16-83/h27-34,39-56,78-89,96-113H,3-26H2,1-2H3,(H,67,90)(H,68,91)(H,69,114)(H,70,115)(H,71,116)(H,72,117)(H,73,118)(H,74,119)(H,92,93)(H,94,95)(H,120,121)/t27-,28?,29?,30?,31?,32?,33?,34?,39?,40?,41?,42?,43?,44?,45?,46?,47?,48?,49?,50?,51?,52?,53?,54?,55?,56?,64?,65?,66?/m0/s1. The smallest absolute Gasteiger partial charge is 0.320 e. The van der Waals surface area contributed by atoms with Gasteiger partial charge in [-0.1, -0.05) is 0 Å². The molecule has 0 aromatic rings. The van der Waals surface area contributed by atoms with E-state index in [1.807, 2.05) is 16.0 Å². The number of aliphatic carboxylic acids is 3. The van der Waals surface area contributed by atoms with Crippen molar-refractivity contribution in [1.82, 2.24) is 57.2 Å². The van der Waals surface area contributed by atoms with Gasteiger partial charge >= 0.3 is 17.9 Å². The molecule has 0 radical (unpaired) electrons. The van der Waals surface area contributed by atoms with Crippen LogP contribution in [0.5, 0.6) is 0 Å². The zero-order valence-corrected chi connectivity index (χ0v) is 65.6. The van der Waals surface area contributed by atoms with Gasteiger partial charge in [0.1, 0.15) is 116 Å². The summed E-state index contributed by atoms with van der Waals surface area (Å²) in [7, 11) is 0. The lowest BCUT2D eigenvalue weighted by Crippen LogP contribution is -2.61. The first-order valence-electron chi connectivity index (χ1n) is 37.3. The fourth-order valence-corrected chi connectivity index (χ4v) is 12.0. The zero-order chi connectivity index (χ0) is 93.2. The van der Waals surface area contributed by atoms with Gasteiger partial charge in [-0.05, 0) is 26.7 Å². The maximum atomic E-state index is 14.2. The maximum absolute atomic E-state index is 14.2. The van der Waals surface area contributed by atoms with Gasteiger partial charge in [-0.15, -0.1) is 0 Å². The summed E-state index contributed by atoms with van der Waals surface area (Å²) < 4.78 is 0. The molecule has 41 N–H and O–H groups in total. The van der Waals surface area contributed by atoms with Gasteiger partial charge in [0, 0.05) is 114 Å². The minimum absolute atomic E-state index is 0.272. The molecule has 704 valence electrons. The van der Waals surface area contributed by atoms with E-state index in [2.05, 4.69) is 26.6 Å². The molecule has 27 atom stereocenters. The van der Waals surface area contributed by atoms with Crippen molar-refractivity contribution in [3.05, 3.63) is 0 Å². The van der Waals surface area contributed by atoms with E-state index in [-0.39, 0.29) is 26.1 Å². The molecule has 55 nitrogen and oxygen atoms in total. The Bertz CT molecular complexity index is 2990. The lowest BCUT2D eigenvalue weighted by molar-refractivity contribution is -0.151. The second-order valence-corrected chi connectivity index (χ2v) is 29.8. The van der Waals surface area contributed by atoms with Crippen LogP contribution in [0.3, 0.4) is 0 Å². The van der Waals surface area contributed by atoms with Gasteiger partial charge in [0.25, 0.3) is 35.4 Å². The van der Waals surface area contributed by atoms with Crippen molar-refractivity contribution in [2.75, 3.05) is 131 Å². The molecule has 1 aliphatic heterocycles. The van der Waals surface area contributed by atoms with Crippen molar-refractivity contribution in [1.29, 1.82) is 0 Å². The highest BCUT2D eigenvalue weighted by Crippen LogP contribution is 2.28. The van der Waals surface area contributed by atoms with Crippen LogP contribution in [0.2, 0.25) is 0 Å². The number of nitrogens with zero attached hydrogens (tertiary/aromatic N) is 3. The van der Waals surface area contributed by atoms with Crippen LogP contribution in [0.15, 0.2) is 0 Å². The summed E-state index contributed by atoms with van der Waals surface area (Å²) in [6.07, 6.45) is -62.6. The Kier molecular flexibility index (Phi) is 49.2. The Labute approximate surface area is 687 Å². The summed E-state index contributed by atoms with van der Waals surface area (Å²) in [6, 6.07) is -2.79. The van der Waals surface area contributed by atoms with Crippen LogP contribution in [0.1, 0.15) is 39.5 Å². The van der Waals surface area contributed by atoms with E-state index in [0.717, 1.165) is 4.90 Å². The molecule has 0 bridgehead atoms. The summed E-state index contributed by atoms with van der Waals surface area (Å²) in [6.45, 7) is -17.2. The molecule has 0 aromatic carbocycles. The molecule has 1 heterocycles. The third-order valence-corrected chi connectivity index (χ3v) is 20.2. The SMILES string of the molecule is C[C@@H](CCC(=O)NCC(CNC(=O)C(O)C(O)C(O)C(O)CO)(CNC(=O)C(O)C(O)C(O)C(O)CO)CNC(=O)C(O)C(O)C(O)C(O)CO)N1CCN(C(CCC(=O)NCC(CNC(=O)C(O)C(O)C(O)C(O)CO)(CNC(=O)C(O)C(O)C(O)C(O)CO)CNC(=O)C(O)C(O)C(O)C(O)CO)C(=O)O)CC(C)(N(CC(=O)O)CC(=O)O)C1. The average molecular weight is 1770 g/mol. The number of carboxylic acids is 3. The van der Waals surface area contributed by atoms with Crippen LogP contribution in [0.4, 0.5) is 0 Å². The molecular weight excluding hydrogens is 1650 g/mol. The molecule has 0 aliphatic carbocycles. The Morgan fingerprint density at radius 1 is 0.322 bits per heavy atom. The highest BCUT2D eigenvalue weighted by Gasteiger charge is 2.48. The van der Waals surface area contributed by atoms with Crippen LogP contribution in [-0.2, 0) is 52.7 Å². The molecule has 0 aromatic heterocycles. The first kappa shape index (κ1) is 112. The van der Waals surface area contributed by atoms with Crippen molar-refractivity contribution < 1.29 is 221 Å². The molecule has 1 fully saturated rings. The highest BCUT2D eigenvalue weighted by molar-refractivity contribution is 5.85. The number of hydrogen-bond acceptors (Lipinski definition) is 44. The molecule has 1 rings (SSSR count). The lowest BCUT2D eigenvalue weighted by atomic mass is 9.86. The Balaban J connectivity index is 4.13. The molecule has 1 aliphatic rings. The monoisotopic (exact) mass is 1770 g/mol. The fraction of sp³-hybridized carbons (Fsp3) is 0.833. The van der Waals surface area contributed by atoms with Gasteiger partial charge in [0.05, 0.1) is 52.7 Å². The predicted octanol–water partition coefficient (Wildman–Crippen LogP) is -25.2. The van der Waals surface area contributed by atoms with Crippen molar-refractivity contribution in [3.63, 3.8) is 0 Å². The number of carboxylic acid groups (broad SMARTS) is 3. The normalized spacial score (nSPS) is 21.9. The summed E-state index contributed by atoms with van der Waals surface area (Å²) >= 11 is 0. The van der Waals surface area contributed by atoms with Gasteiger partial charge in [-0.25, -0.2) is 0 Å². The van der Waals surface area contributed by atoms with Crippen LogP contribution in [-0.4, -0.2) is 544 Å². The van der Waals surface area contributed by atoms with Gasteiger partial charge in [-0.3, -0.25) is 67.4 Å². The average Bonchev–Trinajstić information content (AvgIpc) is 1.71. The van der Waals surface area contributed by atoms with E-state index in [4.69, 9.17) is 0 Å². The van der Waals surface area contributed by atoms with E-state index < -0.39 is 371 Å². The third-order valence-electron chi connectivity index (χ3n) is 20.2. The maximum Gasteiger partial charge on any atom is 0.320 e. The largest absolute Gasteiger partial charge is 0.480 e. The number of amides is 8. The first-order chi connectivity index (χ1) is 56.2. The minimum Gasteiger partial charge on any atom is -0.480 e. The molecule has 121 heavy (non-hydrogen) atoms. The Morgan fingerprint density at radius 3 is 0.744 bits per heavy atom. The quantitative estimate of drug-likeness (QED) is 0.0269. The molecule has 0 spiro atoms. The molecular formula is C66H121N11O44. The second-order valence-electron chi connectivity index (χ2n) is 29.8. The highest BCUT2D eigenvalue weighted by atomic mass is 16.4. The van der Waals surface area contributed by atoms with Gasteiger partial charge in [0.15, 0.2) is 36.6 Å². The fourth-order valence-electron chi connectivity index (χ4n) is 12.0. The number of hydrogen-bond donors (Lipinski definition) is 41. The topological polar surface area (TPSA) is 961 Å². The van der Waals surface area contributed by atoms with Crippen LogP contribution in [0, 0.1) is 10.8 Å². The Morgan fingerprint density at radius 2 is 0.529 bits per heavy atom. The van der Waals surface area contributed by atoms with E-state index in [0.29, 0.717) is 0 Å². The van der Waals surface area contributed by atoms with Crippen molar-refractivity contribution in [2.45, 2.75) is 204 Å². The molecule has 55 heteroatoms. The van der Waals surface area contributed by atoms with Gasteiger partial charge < -0.3 is 211 Å². The summed E-state index contributed by atoms with van der Waals surface area (Å²) in [5.41, 5.74) is -6.44. The van der Waals surface area contributed by atoms with Crippen molar-refractivity contribution in [3.8, 4) is 0 Å². The van der Waals surface area contributed by atoms with Gasteiger partial charge in [0.2, 0.25) is 11.8 Å². The second kappa shape index (κ2) is 53.2. The third kappa shape index (κ3) is 34.7. The molecule has 0 saturated carbocycles. The number of nitrogens with one attached hydrogen (secondary N) is 8. The van der Waals surface area contributed by atoms with Crippen LogP contribution in [0.25, 0.3) is 0 Å². The first-order valence-corrected chi connectivity index (χ1v) is 37.3. The number of aliphatic hydroxyl groups is 30. The lowest BCUT2D eigenvalue weighted by Gasteiger charge is -2.44. The molecule has 8 amide bonds. The number of rotatable bonds is 60. The van der Waals surface area contributed by atoms with Crippen LogP contribution < -0.4 is 42.5 Å². The zero-order valence-electron chi connectivity index (χ0n) is 65.6. The van der Waals surface area contributed by atoms with E-state index in [1.54, 1.807) is 4.90 Å². The van der Waals surface area contributed by atoms with Crippen molar-refractivity contribution in [2.24, 2.45) is 10.8 Å². The van der Waals surface area contributed by atoms with Gasteiger partial charge in [-0.2, -0.15) is 0 Å². The minimum atomic E-state index is -2.76. The summed E-state index contributed by atoms with van der Waals surface area (Å²) in [5.74, 6) is -17.2. The van der Waals surface area contributed by atoms with E-state index in [9.17, 15) is 221 Å². The number of aliphatic hydroxyl groups excluding tert-OH is 30. The number of carbonyl (C=O) groups is 11. The van der Waals surface area contributed by atoms with Crippen molar-refractivity contribution >= 4 is 65.2 Å². The molecule has 1 saturated heterocycles. The molecule has 26 unspecified atom stereocenters. The Hall–Kier alpha value is -7.15. The van der Waals surface area contributed by atoms with Crippen LogP contribution >= 0.6 is 0 Å². The summed E-state index contributed by atoms with van der Waals surface area (Å²) in [4.78, 5) is 151.